The van der Waals surface area contributed by atoms with E-state index in [9.17, 15) is 14.7 Å². The van der Waals surface area contributed by atoms with Crippen LogP contribution in [0.4, 0.5) is 0 Å². The Bertz CT molecular complexity index is 1220. The zero-order valence-electron chi connectivity index (χ0n) is 23.8. The first-order valence-corrected chi connectivity index (χ1v) is 13.9. The van der Waals surface area contributed by atoms with E-state index in [1.54, 1.807) is 17.0 Å². The molecule has 0 saturated heterocycles. The van der Waals surface area contributed by atoms with E-state index in [0.29, 0.717) is 37.2 Å². The summed E-state index contributed by atoms with van der Waals surface area (Å²) in [5.41, 5.74) is 11.3. The van der Waals surface area contributed by atoms with Crippen LogP contribution in [0.15, 0.2) is 72.8 Å². The predicted octanol–water partition coefficient (Wildman–Crippen LogP) is 5.14. The van der Waals surface area contributed by atoms with Gasteiger partial charge in [0.15, 0.2) is 0 Å². The lowest BCUT2D eigenvalue weighted by molar-refractivity contribution is 0.0554. The van der Waals surface area contributed by atoms with Crippen molar-refractivity contribution in [3.8, 4) is 0 Å². The molecule has 0 spiro atoms. The normalized spacial score (nSPS) is 12.6. The Morgan fingerprint density at radius 3 is 1.95 bits per heavy atom. The van der Waals surface area contributed by atoms with Crippen molar-refractivity contribution in [2.45, 2.75) is 65.6 Å². The second-order valence-electron chi connectivity index (χ2n) is 10.5. The number of aliphatic hydroxyl groups is 1. The minimum absolute atomic E-state index is 0.0636. The van der Waals surface area contributed by atoms with Crippen LogP contribution in [0, 0.1) is 13.8 Å². The van der Waals surface area contributed by atoms with E-state index in [1.165, 1.54) is 0 Å². The summed E-state index contributed by atoms with van der Waals surface area (Å²) in [7, 11) is 0. The summed E-state index contributed by atoms with van der Waals surface area (Å²) in [4.78, 5) is 30.7. The molecule has 3 aromatic rings. The molecule has 2 amide bonds. The molecule has 0 bridgehead atoms. The molecule has 3 aromatic carbocycles. The molecule has 0 aliphatic carbocycles. The van der Waals surface area contributed by atoms with Crippen LogP contribution in [0.25, 0.3) is 0 Å². The number of aliphatic hydroxyl groups excluding tert-OH is 1. The Hall–Kier alpha value is -3.48. The average Bonchev–Trinajstić information content (AvgIpc) is 2.92. The standard InChI is InChI=1S/C33H43N3O3/c1-5-15-35(16-6-2)32(38)28-18-25(4)19-29(21-28)33(39)36(22-26-12-8-7-9-13-26)23-31(37)30(34)20-27-14-10-11-24(3)17-27/h7-14,17-19,21,30-31,37H,5-6,15-16,20,22-23,34H2,1-4H3/t30-,31+/m0/s1. The van der Waals surface area contributed by atoms with E-state index >= 15 is 0 Å². The first-order chi connectivity index (χ1) is 18.7. The van der Waals surface area contributed by atoms with Crippen LogP contribution in [0.5, 0.6) is 0 Å². The fourth-order valence-corrected chi connectivity index (χ4v) is 4.88. The smallest absolute Gasteiger partial charge is 0.254 e. The number of rotatable bonds is 13. The van der Waals surface area contributed by atoms with Gasteiger partial charge in [0.2, 0.25) is 0 Å². The van der Waals surface area contributed by atoms with Gasteiger partial charge in [0.1, 0.15) is 0 Å². The van der Waals surface area contributed by atoms with Crippen LogP contribution in [-0.4, -0.2) is 58.5 Å². The van der Waals surface area contributed by atoms with Crippen molar-refractivity contribution in [3.63, 3.8) is 0 Å². The Morgan fingerprint density at radius 1 is 0.769 bits per heavy atom. The number of nitrogens with zero attached hydrogens (tertiary/aromatic N) is 2. The molecule has 6 nitrogen and oxygen atoms in total. The number of amides is 2. The van der Waals surface area contributed by atoms with Crippen LogP contribution in [0.1, 0.15) is 69.7 Å². The highest BCUT2D eigenvalue weighted by molar-refractivity contribution is 6.00. The summed E-state index contributed by atoms with van der Waals surface area (Å²) in [6.45, 7) is 9.78. The number of benzene rings is 3. The summed E-state index contributed by atoms with van der Waals surface area (Å²) in [5.74, 6) is -0.304. The SMILES string of the molecule is CCCN(CCC)C(=O)c1cc(C)cc(C(=O)N(Cc2ccccc2)C[C@@H](O)[C@@H](N)Cc2cccc(C)c2)c1. The summed E-state index contributed by atoms with van der Waals surface area (Å²) >= 11 is 0. The maximum atomic E-state index is 13.9. The molecule has 3 N–H and O–H groups in total. The van der Waals surface area contributed by atoms with Crippen molar-refractivity contribution in [3.05, 3.63) is 106 Å². The van der Waals surface area contributed by atoms with Gasteiger partial charge in [-0.3, -0.25) is 9.59 Å². The van der Waals surface area contributed by atoms with Gasteiger partial charge in [-0.1, -0.05) is 74.0 Å². The van der Waals surface area contributed by atoms with Crippen molar-refractivity contribution < 1.29 is 14.7 Å². The lowest BCUT2D eigenvalue weighted by atomic mass is 9.99. The summed E-state index contributed by atoms with van der Waals surface area (Å²) in [6, 6.07) is 22.6. The number of hydrogen-bond donors (Lipinski definition) is 2. The Kier molecular flexibility index (Phi) is 11.3. The highest BCUT2D eigenvalue weighted by Crippen LogP contribution is 2.18. The van der Waals surface area contributed by atoms with Crippen LogP contribution in [-0.2, 0) is 13.0 Å². The predicted molar refractivity (Wildman–Crippen MR) is 158 cm³/mol. The maximum absolute atomic E-state index is 13.9. The fourth-order valence-electron chi connectivity index (χ4n) is 4.88. The molecule has 0 aromatic heterocycles. The van der Waals surface area contributed by atoms with E-state index < -0.39 is 12.1 Å². The van der Waals surface area contributed by atoms with Gasteiger partial charge in [-0.25, -0.2) is 0 Å². The van der Waals surface area contributed by atoms with Gasteiger partial charge < -0.3 is 20.6 Å². The van der Waals surface area contributed by atoms with Crippen LogP contribution in [0.2, 0.25) is 0 Å². The van der Waals surface area contributed by atoms with Crippen molar-refractivity contribution in [2.24, 2.45) is 5.73 Å². The highest BCUT2D eigenvalue weighted by atomic mass is 16.3. The van der Waals surface area contributed by atoms with Crippen LogP contribution < -0.4 is 5.73 Å². The monoisotopic (exact) mass is 529 g/mol. The van der Waals surface area contributed by atoms with Crippen LogP contribution in [0.3, 0.4) is 0 Å². The van der Waals surface area contributed by atoms with E-state index in [1.807, 2.05) is 73.3 Å². The summed E-state index contributed by atoms with van der Waals surface area (Å²) < 4.78 is 0. The van der Waals surface area contributed by atoms with Gasteiger partial charge in [0.25, 0.3) is 11.8 Å². The van der Waals surface area contributed by atoms with Crippen molar-refractivity contribution in [2.75, 3.05) is 19.6 Å². The molecule has 0 radical (unpaired) electrons. The molecule has 0 aliphatic rings. The van der Waals surface area contributed by atoms with E-state index in [-0.39, 0.29) is 18.4 Å². The zero-order chi connectivity index (χ0) is 28.4. The maximum Gasteiger partial charge on any atom is 0.254 e. The molecule has 208 valence electrons. The third-order valence-corrected chi connectivity index (χ3v) is 6.80. The summed E-state index contributed by atoms with van der Waals surface area (Å²) in [5, 5.41) is 11.1. The molecule has 0 unspecified atom stereocenters. The molecule has 3 rings (SSSR count). The molecule has 0 heterocycles. The molecule has 6 heteroatoms. The minimum atomic E-state index is -0.923. The van der Waals surface area contributed by atoms with Gasteiger partial charge in [0, 0.05) is 43.3 Å². The van der Waals surface area contributed by atoms with Crippen molar-refractivity contribution in [1.82, 2.24) is 9.80 Å². The number of hydrogen-bond acceptors (Lipinski definition) is 4. The quantitative estimate of drug-likeness (QED) is 0.321. The second kappa shape index (κ2) is 14.6. The minimum Gasteiger partial charge on any atom is -0.390 e. The van der Waals surface area contributed by atoms with Gasteiger partial charge in [0.05, 0.1) is 6.10 Å². The number of carbonyl (C=O) groups excluding carboxylic acids is 2. The largest absolute Gasteiger partial charge is 0.390 e. The first-order valence-electron chi connectivity index (χ1n) is 13.9. The molecule has 2 atom stereocenters. The molecule has 39 heavy (non-hydrogen) atoms. The molecule has 0 aliphatic heterocycles. The number of nitrogens with two attached hydrogens (primary N) is 1. The van der Waals surface area contributed by atoms with E-state index in [0.717, 1.165) is 35.1 Å². The van der Waals surface area contributed by atoms with Gasteiger partial charge >= 0.3 is 0 Å². The average molecular weight is 530 g/mol. The Balaban J connectivity index is 1.86. The lowest BCUT2D eigenvalue weighted by Gasteiger charge is -2.29. The molecule has 0 fully saturated rings. The van der Waals surface area contributed by atoms with E-state index in [4.69, 9.17) is 5.73 Å². The number of aryl methyl sites for hydroxylation is 2. The van der Waals surface area contributed by atoms with E-state index in [2.05, 4.69) is 19.9 Å². The molecular weight excluding hydrogens is 486 g/mol. The van der Waals surface area contributed by atoms with Crippen molar-refractivity contribution in [1.29, 1.82) is 0 Å². The van der Waals surface area contributed by atoms with Gasteiger partial charge in [-0.2, -0.15) is 0 Å². The van der Waals surface area contributed by atoms with Crippen LogP contribution >= 0.6 is 0 Å². The molecule has 0 saturated carbocycles. The topological polar surface area (TPSA) is 86.9 Å². The zero-order valence-corrected chi connectivity index (χ0v) is 23.8. The Labute approximate surface area is 233 Å². The third-order valence-electron chi connectivity index (χ3n) is 6.80. The summed E-state index contributed by atoms with van der Waals surface area (Å²) in [6.07, 6.45) is 1.32. The lowest BCUT2D eigenvalue weighted by Crippen LogP contribution is -2.46. The molecular formula is C33H43N3O3. The first kappa shape index (κ1) is 30.1. The number of carbonyl (C=O) groups is 2. The Morgan fingerprint density at radius 2 is 1.36 bits per heavy atom. The van der Waals surface area contributed by atoms with Crippen molar-refractivity contribution >= 4 is 11.8 Å². The highest BCUT2D eigenvalue weighted by Gasteiger charge is 2.25. The third kappa shape index (κ3) is 8.77. The van der Waals surface area contributed by atoms with Gasteiger partial charge in [-0.15, -0.1) is 0 Å². The fraction of sp³-hybridized carbons (Fsp3) is 0.394. The second-order valence-corrected chi connectivity index (χ2v) is 10.5. The van der Waals surface area contributed by atoms with Gasteiger partial charge in [-0.05, 0) is 68.0 Å².